The minimum atomic E-state index is -4.50. The number of likely N-dealkylation sites (N-methyl/N-ethyl adjacent to an activating group) is 3. The second-order valence-electron chi connectivity index (χ2n) is 22.5. The maximum atomic E-state index is 14.0. The Kier molecular flexibility index (Phi) is 18.0. The number of alkyl halides is 3. The molecule has 0 saturated heterocycles. The molecular weight excluding hydrogens is 1130 g/mol. The molecule has 3 atom stereocenters. The van der Waals surface area contributed by atoms with Gasteiger partial charge in [0, 0.05) is 159 Å². The fraction of sp³-hybridized carbons (Fsp3) is 0.375. The van der Waals surface area contributed by atoms with E-state index in [0.717, 1.165) is 138 Å². The summed E-state index contributed by atoms with van der Waals surface area (Å²) in [5.41, 5.74) is 11.2. The first kappa shape index (κ1) is 60.1. The highest BCUT2D eigenvalue weighted by Gasteiger charge is 2.33. The van der Waals surface area contributed by atoms with E-state index in [4.69, 9.17) is 39.5 Å². The zero-order valence-electron chi connectivity index (χ0n) is 47.4. The van der Waals surface area contributed by atoms with Crippen LogP contribution in [0.1, 0.15) is 94.2 Å². The molecule has 0 amide bonds. The number of rotatable bonds is 12. The second kappa shape index (κ2) is 24.9. The summed E-state index contributed by atoms with van der Waals surface area (Å²) in [6, 6.07) is 27.1. The average molecular weight is 1200 g/mol. The van der Waals surface area contributed by atoms with E-state index in [1.165, 1.54) is 47.3 Å². The van der Waals surface area contributed by atoms with Crippen LogP contribution >= 0.6 is 34.8 Å². The van der Waals surface area contributed by atoms with Gasteiger partial charge in [0.15, 0.2) is 11.6 Å². The van der Waals surface area contributed by atoms with Gasteiger partial charge in [0.25, 0.3) is 0 Å². The van der Waals surface area contributed by atoms with E-state index in [-0.39, 0.29) is 17.9 Å². The summed E-state index contributed by atoms with van der Waals surface area (Å²) < 4.78 is 64.4. The maximum Gasteiger partial charge on any atom is 0.417 e. The molecule has 3 aliphatic rings. The van der Waals surface area contributed by atoms with Gasteiger partial charge in [-0.05, 0) is 136 Å². The van der Waals surface area contributed by atoms with E-state index in [0.29, 0.717) is 28.7 Å². The molecule has 12 nitrogen and oxygen atoms in total. The summed E-state index contributed by atoms with van der Waals surface area (Å²) in [5.74, 6) is -0.297. The molecule has 0 saturated carbocycles. The first-order valence-corrected chi connectivity index (χ1v) is 29.1. The summed E-state index contributed by atoms with van der Waals surface area (Å²) in [6.45, 7) is 10.4. The second-order valence-corrected chi connectivity index (χ2v) is 23.8. The molecular formula is C64H69Cl3F4N8O4. The van der Waals surface area contributed by atoms with Crippen molar-refractivity contribution in [1.82, 2.24) is 38.4 Å². The molecule has 12 rings (SSSR count). The van der Waals surface area contributed by atoms with Crippen molar-refractivity contribution in [2.75, 3.05) is 47.9 Å². The van der Waals surface area contributed by atoms with E-state index < -0.39 is 35.4 Å². The Morgan fingerprint density at radius 1 is 0.602 bits per heavy atom. The molecule has 9 aromatic rings. The predicted octanol–water partition coefficient (Wildman–Crippen LogP) is 13.1. The predicted molar refractivity (Wildman–Crippen MR) is 321 cm³/mol. The van der Waals surface area contributed by atoms with Crippen LogP contribution in [-0.4, -0.2) is 102 Å². The molecule has 438 valence electrons. The van der Waals surface area contributed by atoms with Gasteiger partial charge in [-0.1, -0.05) is 60.3 Å². The van der Waals surface area contributed by atoms with Gasteiger partial charge < -0.3 is 48.5 Å². The molecule has 3 N–H and O–H groups in total. The van der Waals surface area contributed by atoms with Gasteiger partial charge in [0.05, 0.1) is 44.5 Å². The Bertz CT molecular complexity index is 3810. The number of aryl methyl sites for hydroxylation is 1. The van der Waals surface area contributed by atoms with Crippen LogP contribution in [0.3, 0.4) is 0 Å². The largest absolute Gasteiger partial charge is 0.494 e. The lowest BCUT2D eigenvalue weighted by Crippen LogP contribution is -2.31. The number of aliphatic hydroxyl groups excluding tert-OH is 2. The van der Waals surface area contributed by atoms with Gasteiger partial charge in [0.1, 0.15) is 5.60 Å². The third-order valence-electron chi connectivity index (χ3n) is 16.4. The molecule has 83 heavy (non-hydrogen) atoms. The zero-order chi connectivity index (χ0) is 59.1. The number of ether oxygens (including phenoxy) is 1. The standard InChI is InChI=1S/C23H28ClN3O.C21H22ClFN2O2.C20H19ClF3N3O/c1-4-5-18-8-6-16(13-25-18)23(2,28)15-27-21-9-7-17(24)12-19(21)20-14-26(3)11-10-22(20)27;1-24-8-7-19-16(11-24)15-10-14(22)4-5-18(15)25(19)12-20(26)13-3-6-21(27-2)17(23)9-13;1-26-5-4-18-16(10-26)15-7-14(21)2-3-17(15)27(18)11-19(28)12-6-13(9-25-8-12)20(22,23)24/h6-9,12-13,28H,4-5,10-11,14-15H2,1-3H3;3-6,9-10,20,26H,7-8,11-12H2,1-2H3;2-3,6-9,19,28H,4-5,10-11H2,1H3. The molecule has 0 fully saturated rings. The third kappa shape index (κ3) is 13.0. The molecule has 0 aliphatic carbocycles. The Balaban J connectivity index is 0.000000139. The van der Waals surface area contributed by atoms with Gasteiger partial charge in [-0.25, -0.2) is 4.39 Å². The van der Waals surface area contributed by atoms with Crippen molar-refractivity contribution in [3.05, 3.63) is 192 Å². The van der Waals surface area contributed by atoms with E-state index in [2.05, 4.69) is 67.0 Å². The van der Waals surface area contributed by atoms with Crippen LogP contribution in [-0.2, 0) is 76.7 Å². The summed E-state index contributed by atoms with van der Waals surface area (Å²) in [6.07, 6.45) is 2.16. The number of halogens is 7. The van der Waals surface area contributed by atoms with Crippen molar-refractivity contribution in [2.45, 2.75) is 109 Å². The molecule has 19 heteroatoms. The van der Waals surface area contributed by atoms with Crippen LogP contribution in [0.15, 0.2) is 110 Å². The lowest BCUT2D eigenvalue weighted by molar-refractivity contribution is -0.137. The SMILES string of the molecule is CCCc1ccc(C(C)(O)Cn2c3c(c4cc(Cl)ccc42)CN(C)CC3)cn1.CN1CCc2c(c3cc(Cl)ccc3n2CC(O)c2cncc(C(F)(F)F)c2)C1.COc1ccc(C(O)Cn2c3c(c4cc(Cl)ccc42)CN(C)CC3)cc1F. The maximum absolute atomic E-state index is 14.0. The molecule has 0 spiro atoms. The Labute approximate surface area is 496 Å². The molecule has 5 aromatic heterocycles. The quantitative estimate of drug-likeness (QED) is 0.103. The number of fused-ring (bicyclic) bond motifs is 9. The molecule has 4 aromatic carbocycles. The number of pyridine rings is 2. The fourth-order valence-electron chi connectivity index (χ4n) is 12.1. The van der Waals surface area contributed by atoms with Crippen LogP contribution in [0.4, 0.5) is 17.6 Å². The van der Waals surface area contributed by atoms with Gasteiger partial charge in [-0.2, -0.15) is 13.2 Å². The van der Waals surface area contributed by atoms with Gasteiger partial charge in [0.2, 0.25) is 0 Å². The molecule has 0 radical (unpaired) electrons. The van der Waals surface area contributed by atoms with Gasteiger partial charge in [-0.3, -0.25) is 9.97 Å². The minimum Gasteiger partial charge on any atom is -0.494 e. The van der Waals surface area contributed by atoms with E-state index in [9.17, 15) is 32.9 Å². The van der Waals surface area contributed by atoms with Crippen molar-refractivity contribution >= 4 is 67.5 Å². The van der Waals surface area contributed by atoms with E-state index in [1.54, 1.807) is 18.2 Å². The average Bonchev–Trinajstić information content (AvgIpc) is 2.15. The van der Waals surface area contributed by atoms with Crippen molar-refractivity contribution in [3.63, 3.8) is 0 Å². The van der Waals surface area contributed by atoms with Gasteiger partial charge >= 0.3 is 6.18 Å². The molecule has 3 unspecified atom stereocenters. The Morgan fingerprint density at radius 3 is 1.53 bits per heavy atom. The normalized spacial score (nSPS) is 16.3. The number of aromatic nitrogens is 5. The summed E-state index contributed by atoms with van der Waals surface area (Å²) >= 11 is 18.7. The first-order valence-electron chi connectivity index (χ1n) is 27.9. The van der Waals surface area contributed by atoms with Crippen LogP contribution < -0.4 is 4.74 Å². The molecule has 8 heterocycles. The third-order valence-corrected chi connectivity index (χ3v) is 17.1. The van der Waals surface area contributed by atoms with Crippen LogP contribution in [0, 0.1) is 5.82 Å². The van der Waals surface area contributed by atoms with Crippen molar-refractivity contribution in [1.29, 1.82) is 0 Å². The highest BCUT2D eigenvalue weighted by Crippen LogP contribution is 2.39. The molecule has 0 bridgehead atoms. The van der Waals surface area contributed by atoms with Crippen molar-refractivity contribution in [3.8, 4) is 5.75 Å². The lowest BCUT2D eigenvalue weighted by Gasteiger charge is -2.28. The van der Waals surface area contributed by atoms with Crippen LogP contribution in [0.2, 0.25) is 15.1 Å². The molecule has 3 aliphatic heterocycles. The number of benzene rings is 4. The van der Waals surface area contributed by atoms with E-state index in [1.807, 2.05) is 73.3 Å². The highest BCUT2D eigenvalue weighted by atomic mass is 35.5. The topological polar surface area (TPSA) is 120 Å². The Morgan fingerprint density at radius 2 is 1.08 bits per heavy atom. The first-order chi connectivity index (χ1) is 39.6. The fourth-order valence-corrected chi connectivity index (χ4v) is 12.6. The lowest BCUT2D eigenvalue weighted by atomic mass is 9.96. The van der Waals surface area contributed by atoms with Crippen LogP contribution in [0.25, 0.3) is 32.7 Å². The Hall–Kier alpha value is -6.05. The monoisotopic (exact) mass is 1190 g/mol. The summed E-state index contributed by atoms with van der Waals surface area (Å²) in [4.78, 5) is 15.0. The van der Waals surface area contributed by atoms with E-state index >= 15 is 0 Å². The number of hydrogen-bond donors (Lipinski definition) is 3. The number of nitrogens with zero attached hydrogens (tertiary/aromatic N) is 8. The highest BCUT2D eigenvalue weighted by molar-refractivity contribution is 6.32. The van der Waals surface area contributed by atoms with Crippen molar-refractivity contribution in [2.24, 2.45) is 0 Å². The van der Waals surface area contributed by atoms with Crippen LogP contribution in [0.5, 0.6) is 5.75 Å². The van der Waals surface area contributed by atoms with Gasteiger partial charge in [-0.15, -0.1) is 0 Å². The zero-order valence-corrected chi connectivity index (χ0v) is 49.7. The minimum absolute atomic E-state index is 0.146. The number of hydrogen-bond acceptors (Lipinski definition) is 9. The smallest absolute Gasteiger partial charge is 0.417 e. The number of methoxy groups -OCH3 is 1. The summed E-state index contributed by atoms with van der Waals surface area (Å²) in [5, 5.41) is 38.2. The number of aliphatic hydroxyl groups is 3. The summed E-state index contributed by atoms with van der Waals surface area (Å²) in [7, 11) is 7.72. The van der Waals surface area contributed by atoms with Crippen molar-refractivity contribution < 1.29 is 37.6 Å².